The molecule has 2 rings (SSSR count). The average Bonchev–Trinajstić information content (AvgIpc) is 3.08. The van der Waals surface area contributed by atoms with Crippen LogP contribution in [0.25, 0.3) is 0 Å². The van der Waals surface area contributed by atoms with Gasteiger partial charge in [0.05, 0.1) is 34.6 Å². The van der Waals surface area contributed by atoms with Crippen molar-refractivity contribution in [1.29, 1.82) is 0 Å². The molecule has 29 heavy (non-hydrogen) atoms. The van der Waals surface area contributed by atoms with E-state index in [0.717, 1.165) is 0 Å². The lowest BCUT2D eigenvalue weighted by molar-refractivity contribution is -0.159. The van der Waals surface area contributed by atoms with E-state index in [4.69, 9.17) is 9.47 Å². The Balaban J connectivity index is 1.84. The number of carbonyl (C=O) groups excluding carboxylic acids is 1. The molecule has 1 fully saturated rings. The number of hydrogen-bond acceptors (Lipinski definition) is 7. The second-order valence-corrected chi connectivity index (χ2v) is 9.00. The van der Waals surface area contributed by atoms with Crippen molar-refractivity contribution >= 4 is 5.97 Å². The van der Waals surface area contributed by atoms with Gasteiger partial charge < -0.3 is 29.9 Å². The summed E-state index contributed by atoms with van der Waals surface area (Å²) in [6.45, 7) is 6.22. The fourth-order valence-electron chi connectivity index (χ4n) is 3.50. The molecule has 0 aromatic heterocycles. The summed E-state index contributed by atoms with van der Waals surface area (Å²) < 4.78 is 11.0. The van der Waals surface area contributed by atoms with Crippen LogP contribution < -0.4 is 0 Å². The van der Waals surface area contributed by atoms with E-state index in [2.05, 4.69) is 0 Å². The van der Waals surface area contributed by atoms with Crippen LogP contribution >= 0.6 is 0 Å². The Labute approximate surface area is 172 Å². The number of esters is 1. The van der Waals surface area contributed by atoms with Gasteiger partial charge in [-0.25, -0.2) is 4.79 Å². The molecule has 0 saturated carbocycles. The zero-order chi connectivity index (χ0) is 21.9. The highest BCUT2D eigenvalue weighted by molar-refractivity contribution is 5.89. The molecule has 7 nitrogen and oxygen atoms in total. The highest BCUT2D eigenvalue weighted by Gasteiger charge is 2.46. The van der Waals surface area contributed by atoms with Gasteiger partial charge in [-0.2, -0.15) is 0 Å². The van der Waals surface area contributed by atoms with E-state index in [9.17, 15) is 25.2 Å². The van der Waals surface area contributed by atoms with Gasteiger partial charge in [0.15, 0.2) is 0 Å². The van der Waals surface area contributed by atoms with Crippen LogP contribution in [0.3, 0.4) is 0 Å². The van der Waals surface area contributed by atoms with Gasteiger partial charge in [0.25, 0.3) is 0 Å². The molecule has 2 unspecified atom stereocenters. The normalized spacial score (nSPS) is 26.6. The van der Waals surface area contributed by atoms with Gasteiger partial charge >= 0.3 is 5.97 Å². The fraction of sp³-hybridized carbons (Fsp3) is 0.682. The van der Waals surface area contributed by atoms with Crippen LogP contribution in [0.1, 0.15) is 63.7 Å². The molecule has 1 saturated heterocycles. The number of aliphatic hydroxyl groups excluding tert-OH is 2. The maximum atomic E-state index is 12.0. The van der Waals surface area contributed by atoms with Gasteiger partial charge in [0.2, 0.25) is 0 Å². The summed E-state index contributed by atoms with van der Waals surface area (Å²) in [7, 11) is 0. The molecule has 0 radical (unpaired) electrons. The zero-order valence-corrected chi connectivity index (χ0v) is 17.7. The first-order valence-electron chi connectivity index (χ1n) is 10.1. The molecule has 1 aliphatic heterocycles. The first-order valence-corrected chi connectivity index (χ1v) is 10.1. The van der Waals surface area contributed by atoms with E-state index >= 15 is 0 Å². The Kier molecular flexibility index (Phi) is 7.46. The Morgan fingerprint density at radius 3 is 2.41 bits per heavy atom. The maximum Gasteiger partial charge on any atom is 0.338 e. The lowest BCUT2D eigenvalue weighted by atomic mass is 9.86. The van der Waals surface area contributed by atoms with Gasteiger partial charge in [-0.05, 0) is 65.5 Å². The maximum absolute atomic E-state index is 12.0. The predicted octanol–water partition coefficient (Wildman–Crippen LogP) is 1.80. The summed E-state index contributed by atoms with van der Waals surface area (Å²) in [6.07, 6.45) is -1.06. The number of aliphatic hydroxyl groups is 4. The van der Waals surface area contributed by atoms with E-state index in [1.54, 1.807) is 51.1 Å². The predicted molar refractivity (Wildman–Crippen MR) is 107 cm³/mol. The average molecular weight is 411 g/mol. The summed E-state index contributed by atoms with van der Waals surface area (Å²) >= 11 is 0. The van der Waals surface area contributed by atoms with Crippen LogP contribution in [-0.4, -0.2) is 68.1 Å². The Bertz CT molecular complexity index is 667. The number of carbonyl (C=O) groups is 1. The van der Waals surface area contributed by atoms with Crippen molar-refractivity contribution in [3.05, 3.63) is 35.9 Å². The number of hydrogen-bond donors (Lipinski definition) is 4. The summed E-state index contributed by atoms with van der Waals surface area (Å²) in [5, 5.41) is 41.6. The summed E-state index contributed by atoms with van der Waals surface area (Å²) in [5.41, 5.74) is -3.02. The van der Waals surface area contributed by atoms with Crippen LogP contribution in [-0.2, 0) is 9.47 Å². The van der Waals surface area contributed by atoms with Gasteiger partial charge in [0.1, 0.15) is 12.7 Å². The van der Waals surface area contributed by atoms with Crippen LogP contribution in [0.5, 0.6) is 0 Å². The number of rotatable bonds is 9. The highest BCUT2D eigenvalue weighted by Crippen LogP contribution is 2.39. The quantitative estimate of drug-likeness (QED) is 0.459. The van der Waals surface area contributed by atoms with Crippen LogP contribution in [0, 0.1) is 0 Å². The number of ether oxygens (including phenoxy) is 2. The van der Waals surface area contributed by atoms with Crippen molar-refractivity contribution in [3.8, 4) is 0 Å². The Hall–Kier alpha value is -1.51. The lowest BCUT2D eigenvalue weighted by Crippen LogP contribution is -2.47. The second-order valence-electron chi connectivity index (χ2n) is 9.00. The molecule has 164 valence electrons. The molecule has 0 spiro atoms. The van der Waals surface area contributed by atoms with Crippen LogP contribution in [0.15, 0.2) is 30.3 Å². The molecule has 1 heterocycles. The molecular weight excluding hydrogens is 376 g/mol. The van der Waals surface area contributed by atoms with E-state index in [-0.39, 0.29) is 25.6 Å². The number of benzene rings is 1. The standard InChI is InChI=1S/C22H34O7/c1-20(2,26)18-11-13-22(4,29-18)16(23)10-12-21(3,27)17(24)14-28-19(25)15-8-6-5-7-9-15/h5-9,16-18,23-24,26-27H,10-14H2,1-4H3/t16-,17?,18+,21?,22+/m0/s1. The van der Waals surface area contributed by atoms with Crippen molar-refractivity contribution in [2.24, 2.45) is 0 Å². The van der Waals surface area contributed by atoms with Crippen molar-refractivity contribution < 1.29 is 34.7 Å². The molecule has 1 aromatic carbocycles. The van der Waals surface area contributed by atoms with Crippen molar-refractivity contribution in [3.63, 3.8) is 0 Å². The Morgan fingerprint density at radius 1 is 1.24 bits per heavy atom. The van der Waals surface area contributed by atoms with Crippen LogP contribution in [0.2, 0.25) is 0 Å². The summed E-state index contributed by atoms with van der Waals surface area (Å²) in [6, 6.07) is 8.40. The highest BCUT2D eigenvalue weighted by atomic mass is 16.5. The topological polar surface area (TPSA) is 116 Å². The molecule has 5 atom stereocenters. The summed E-state index contributed by atoms with van der Waals surface area (Å²) in [5.74, 6) is -0.579. The molecule has 0 bridgehead atoms. The van der Waals surface area contributed by atoms with E-state index in [1.807, 2.05) is 0 Å². The first-order chi connectivity index (χ1) is 13.3. The van der Waals surface area contributed by atoms with E-state index < -0.39 is 35.0 Å². The fourth-order valence-corrected chi connectivity index (χ4v) is 3.50. The van der Waals surface area contributed by atoms with E-state index in [1.165, 1.54) is 6.92 Å². The summed E-state index contributed by atoms with van der Waals surface area (Å²) in [4.78, 5) is 12.0. The molecule has 1 aliphatic rings. The molecule has 1 aromatic rings. The molecular formula is C22H34O7. The van der Waals surface area contributed by atoms with Crippen molar-refractivity contribution in [2.45, 2.75) is 88.5 Å². The first kappa shape index (κ1) is 23.8. The minimum atomic E-state index is -1.55. The lowest BCUT2D eigenvalue weighted by Gasteiger charge is -2.35. The van der Waals surface area contributed by atoms with Crippen LogP contribution in [0.4, 0.5) is 0 Å². The van der Waals surface area contributed by atoms with Crippen molar-refractivity contribution in [1.82, 2.24) is 0 Å². The Morgan fingerprint density at radius 2 is 1.86 bits per heavy atom. The molecule has 4 N–H and O–H groups in total. The second kappa shape index (κ2) is 9.10. The van der Waals surface area contributed by atoms with Crippen molar-refractivity contribution in [2.75, 3.05) is 6.61 Å². The van der Waals surface area contributed by atoms with Gasteiger partial charge in [-0.1, -0.05) is 18.2 Å². The van der Waals surface area contributed by atoms with Gasteiger partial charge in [0, 0.05) is 0 Å². The third-order valence-electron chi connectivity index (χ3n) is 5.83. The zero-order valence-electron chi connectivity index (χ0n) is 17.7. The SMILES string of the molecule is CC(O)(CC[C@H](O)[C@@]1(C)CC[C@H](C(C)(C)O)O1)C(O)COC(=O)c1ccccc1. The minimum Gasteiger partial charge on any atom is -0.459 e. The van der Waals surface area contributed by atoms with Gasteiger partial charge in [-0.3, -0.25) is 0 Å². The largest absolute Gasteiger partial charge is 0.459 e. The molecule has 0 aliphatic carbocycles. The smallest absolute Gasteiger partial charge is 0.338 e. The minimum absolute atomic E-state index is 0.0877. The third kappa shape index (κ3) is 6.23. The monoisotopic (exact) mass is 410 g/mol. The molecule has 7 heteroatoms. The molecule has 0 amide bonds. The third-order valence-corrected chi connectivity index (χ3v) is 5.83. The van der Waals surface area contributed by atoms with E-state index in [0.29, 0.717) is 18.4 Å². The van der Waals surface area contributed by atoms with Gasteiger partial charge in [-0.15, -0.1) is 0 Å².